The first-order valence-electron chi connectivity index (χ1n) is 9.13. The fourth-order valence-corrected chi connectivity index (χ4v) is 4.44. The summed E-state index contributed by atoms with van der Waals surface area (Å²) < 4.78 is 5.49. The summed E-state index contributed by atoms with van der Waals surface area (Å²) in [5.41, 5.74) is -0.130. The lowest BCUT2D eigenvalue weighted by atomic mass is 9.73. The topological polar surface area (TPSA) is 63.6 Å². The second-order valence-electron chi connectivity index (χ2n) is 7.01. The molecule has 9 heteroatoms. The molecule has 3 aromatic rings. The molecule has 4 nitrogen and oxygen atoms in total. The lowest BCUT2D eigenvalue weighted by Gasteiger charge is -2.29. The van der Waals surface area contributed by atoms with Crippen molar-refractivity contribution >= 4 is 69.9 Å². The molecule has 166 valence electrons. The van der Waals surface area contributed by atoms with E-state index in [1.807, 2.05) is 13.8 Å². The van der Waals surface area contributed by atoms with E-state index in [0.717, 1.165) is 11.1 Å². The van der Waals surface area contributed by atoms with Crippen LogP contribution in [-0.4, -0.2) is 17.0 Å². The zero-order valence-corrected chi connectivity index (χ0v) is 20.5. The molecule has 1 N–H and O–H groups in total. The summed E-state index contributed by atoms with van der Waals surface area (Å²) in [5, 5.41) is 9.36. The third-order valence-corrected chi connectivity index (χ3v) is 7.38. The number of benzene rings is 3. The molecule has 3 aromatic carbocycles. The molecule has 0 radical (unpaired) electrons. The van der Waals surface area contributed by atoms with Crippen LogP contribution < -0.4 is 4.74 Å². The average Bonchev–Trinajstić information content (AvgIpc) is 2.77. The third-order valence-electron chi connectivity index (χ3n) is 5.14. The number of esters is 1. The summed E-state index contributed by atoms with van der Waals surface area (Å²) in [4.78, 5) is 26.4. The van der Waals surface area contributed by atoms with Crippen molar-refractivity contribution in [2.75, 3.05) is 0 Å². The van der Waals surface area contributed by atoms with Crippen molar-refractivity contribution in [2.45, 2.75) is 19.3 Å². The fourth-order valence-electron chi connectivity index (χ4n) is 3.24. The van der Waals surface area contributed by atoms with Gasteiger partial charge >= 0.3 is 11.9 Å². The Labute approximate surface area is 209 Å². The van der Waals surface area contributed by atoms with Gasteiger partial charge in [-0.3, -0.25) is 4.79 Å². The number of hydrogen-bond donors (Lipinski definition) is 1. The normalized spacial score (nSPS) is 12.8. The Morgan fingerprint density at radius 3 is 1.78 bits per heavy atom. The lowest BCUT2D eigenvalue weighted by molar-refractivity contribution is -0.153. The van der Waals surface area contributed by atoms with Gasteiger partial charge in [0.25, 0.3) is 0 Å². The minimum absolute atomic E-state index is 0.121. The number of aliphatic carboxylic acids is 1. The van der Waals surface area contributed by atoms with Gasteiger partial charge in [-0.25, -0.2) is 4.79 Å². The van der Waals surface area contributed by atoms with Gasteiger partial charge in [-0.15, -0.1) is 0 Å². The van der Waals surface area contributed by atoms with Crippen LogP contribution in [-0.2, 0) is 15.0 Å². The van der Waals surface area contributed by atoms with Gasteiger partial charge in [-0.1, -0.05) is 107 Å². The number of aryl methyl sites for hydroxylation is 2. The highest BCUT2D eigenvalue weighted by Crippen LogP contribution is 2.49. The van der Waals surface area contributed by atoms with E-state index < -0.39 is 17.4 Å². The molecular formula is C23H15Cl5O4. The number of carbonyl (C=O) groups is 2. The summed E-state index contributed by atoms with van der Waals surface area (Å²) in [7, 11) is 0. The number of ether oxygens (including phenoxy) is 1. The van der Waals surface area contributed by atoms with Gasteiger partial charge < -0.3 is 9.84 Å². The second kappa shape index (κ2) is 9.50. The molecule has 1 atom stereocenters. The molecule has 0 aromatic heterocycles. The molecule has 0 aliphatic rings. The number of rotatable bonds is 5. The van der Waals surface area contributed by atoms with E-state index in [-0.39, 0.29) is 42.0 Å². The fraction of sp³-hybridized carbons (Fsp3) is 0.130. The minimum atomic E-state index is -2.23. The predicted molar refractivity (Wildman–Crippen MR) is 128 cm³/mol. The molecule has 3 rings (SSSR count). The molecule has 0 aliphatic carbocycles. The van der Waals surface area contributed by atoms with E-state index in [1.165, 1.54) is 12.1 Å². The van der Waals surface area contributed by atoms with Gasteiger partial charge in [-0.05, 0) is 36.1 Å². The first-order valence-corrected chi connectivity index (χ1v) is 11.0. The monoisotopic (exact) mass is 530 g/mol. The van der Waals surface area contributed by atoms with Gasteiger partial charge in [-0.2, -0.15) is 0 Å². The van der Waals surface area contributed by atoms with Crippen LogP contribution in [0.2, 0.25) is 25.1 Å². The Morgan fingerprint density at radius 2 is 1.28 bits per heavy atom. The summed E-state index contributed by atoms with van der Waals surface area (Å²) in [5.74, 6) is -2.99. The van der Waals surface area contributed by atoms with Crippen LogP contribution in [0.25, 0.3) is 0 Å². The molecule has 0 saturated carbocycles. The number of carboxylic acids is 1. The molecule has 0 bridgehead atoms. The van der Waals surface area contributed by atoms with E-state index in [9.17, 15) is 14.7 Å². The van der Waals surface area contributed by atoms with Crippen LogP contribution in [0.15, 0.2) is 48.5 Å². The van der Waals surface area contributed by atoms with Crippen LogP contribution in [0, 0.1) is 13.8 Å². The zero-order valence-electron chi connectivity index (χ0n) is 16.7. The van der Waals surface area contributed by atoms with E-state index in [2.05, 4.69) is 0 Å². The van der Waals surface area contributed by atoms with Gasteiger partial charge in [0.2, 0.25) is 5.41 Å². The minimum Gasteiger partial charge on any atom is -0.480 e. The maximum absolute atomic E-state index is 13.6. The van der Waals surface area contributed by atoms with Crippen LogP contribution in [0.3, 0.4) is 0 Å². The van der Waals surface area contributed by atoms with Crippen LogP contribution >= 0.6 is 58.0 Å². The van der Waals surface area contributed by atoms with Crippen molar-refractivity contribution in [1.82, 2.24) is 0 Å². The van der Waals surface area contributed by atoms with E-state index >= 15 is 0 Å². The first-order chi connectivity index (χ1) is 15.0. The first kappa shape index (κ1) is 24.7. The smallest absolute Gasteiger partial charge is 0.338 e. The molecule has 0 amide bonds. The Balaban J connectivity index is 2.29. The quantitative estimate of drug-likeness (QED) is 0.121. The van der Waals surface area contributed by atoms with Crippen LogP contribution in [0.4, 0.5) is 0 Å². The number of hydrogen-bond acceptors (Lipinski definition) is 3. The van der Waals surface area contributed by atoms with Crippen molar-refractivity contribution < 1.29 is 19.4 Å². The molecule has 32 heavy (non-hydrogen) atoms. The van der Waals surface area contributed by atoms with Crippen molar-refractivity contribution in [3.8, 4) is 5.75 Å². The number of carboxylic acid groups (broad SMARTS) is 1. The Kier molecular flexibility index (Phi) is 7.33. The molecular weight excluding hydrogens is 518 g/mol. The summed E-state index contributed by atoms with van der Waals surface area (Å²) in [6.45, 7) is 3.69. The highest BCUT2D eigenvalue weighted by molar-refractivity contribution is 6.55. The molecule has 0 fully saturated rings. The van der Waals surface area contributed by atoms with Crippen LogP contribution in [0.1, 0.15) is 22.3 Å². The highest BCUT2D eigenvalue weighted by atomic mass is 35.5. The second-order valence-corrected chi connectivity index (χ2v) is 8.90. The number of carbonyl (C=O) groups excluding carboxylic acids is 1. The number of halogens is 5. The van der Waals surface area contributed by atoms with Crippen molar-refractivity contribution in [1.29, 1.82) is 0 Å². The van der Waals surface area contributed by atoms with Gasteiger partial charge in [0, 0.05) is 0 Å². The molecule has 0 heterocycles. The van der Waals surface area contributed by atoms with Crippen LogP contribution in [0.5, 0.6) is 5.75 Å². The maximum Gasteiger partial charge on any atom is 0.338 e. The Hall–Kier alpha value is -1.95. The Bertz CT molecular complexity index is 1200. The molecule has 0 saturated heterocycles. The third kappa shape index (κ3) is 4.07. The lowest BCUT2D eigenvalue weighted by Crippen LogP contribution is -2.47. The van der Waals surface area contributed by atoms with Gasteiger partial charge in [0.05, 0.1) is 15.1 Å². The van der Waals surface area contributed by atoms with Gasteiger partial charge in [0.1, 0.15) is 10.0 Å². The van der Waals surface area contributed by atoms with Crippen molar-refractivity contribution in [2.24, 2.45) is 0 Å². The predicted octanol–water partition coefficient (Wildman–Crippen LogP) is 7.55. The van der Waals surface area contributed by atoms with Crippen molar-refractivity contribution in [3.63, 3.8) is 0 Å². The largest absolute Gasteiger partial charge is 0.480 e. The van der Waals surface area contributed by atoms with E-state index in [4.69, 9.17) is 62.7 Å². The SMILES string of the molecule is Cc1ccc(C(C(=O)O)(C(=O)Oc2c(Cl)c(Cl)c(Cl)c(Cl)c2Cl)c2ccccc2)cc1C. The van der Waals surface area contributed by atoms with Crippen molar-refractivity contribution in [3.05, 3.63) is 95.9 Å². The Morgan fingerprint density at radius 1 is 0.750 bits per heavy atom. The molecule has 0 aliphatic heterocycles. The average molecular weight is 533 g/mol. The highest BCUT2D eigenvalue weighted by Gasteiger charge is 2.52. The standard InChI is InChI=1S/C23H15Cl5O4/c1-11-8-9-14(10-12(11)2)23(21(29)30,13-6-4-3-5-7-13)22(31)32-20-18(27)16(25)15(24)17(26)19(20)28/h3-10H,1-2H3,(H,29,30). The molecule has 1 unspecified atom stereocenters. The van der Waals surface area contributed by atoms with E-state index in [0.29, 0.717) is 0 Å². The zero-order chi connectivity index (χ0) is 23.8. The maximum atomic E-state index is 13.6. The summed E-state index contributed by atoms with van der Waals surface area (Å²) >= 11 is 30.6. The van der Waals surface area contributed by atoms with E-state index in [1.54, 1.807) is 36.4 Å². The molecule has 0 spiro atoms. The summed E-state index contributed by atoms with van der Waals surface area (Å²) in [6.07, 6.45) is 0. The summed E-state index contributed by atoms with van der Waals surface area (Å²) in [6, 6.07) is 12.9. The van der Waals surface area contributed by atoms with Gasteiger partial charge in [0.15, 0.2) is 5.75 Å².